The lowest BCUT2D eigenvalue weighted by molar-refractivity contribution is 0.0629. The monoisotopic (exact) mass is 381 g/mol. The second-order valence-corrected chi connectivity index (χ2v) is 6.35. The number of aromatic hydroxyl groups is 1. The minimum absolute atomic E-state index is 0.0717. The molecule has 3 aromatic rings. The van der Waals surface area contributed by atoms with E-state index in [-0.39, 0.29) is 18.2 Å². The van der Waals surface area contributed by atoms with Crippen LogP contribution in [0.15, 0.2) is 54.6 Å². The molecule has 0 fully saturated rings. The summed E-state index contributed by atoms with van der Waals surface area (Å²) in [6, 6.07) is 15.5. The number of benzene rings is 2. The zero-order valence-electron chi connectivity index (χ0n) is 15.8. The van der Waals surface area contributed by atoms with Crippen molar-refractivity contribution >= 4 is 5.91 Å². The van der Waals surface area contributed by atoms with Gasteiger partial charge in [-0.2, -0.15) is 5.10 Å². The molecule has 2 aromatic carbocycles. The fourth-order valence-corrected chi connectivity index (χ4v) is 2.93. The summed E-state index contributed by atoms with van der Waals surface area (Å²) in [6.07, 6.45) is -0.906. The Labute approximate surface area is 163 Å². The van der Waals surface area contributed by atoms with Crippen molar-refractivity contribution in [1.82, 2.24) is 15.1 Å². The van der Waals surface area contributed by atoms with E-state index in [9.17, 15) is 15.0 Å². The number of aliphatic hydroxyl groups is 1. The second kappa shape index (κ2) is 8.58. The summed E-state index contributed by atoms with van der Waals surface area (Å²) in [7, 11) is 1.59. The Morgan fingerprint density at radius 3 is 2.71 bits per heavy atom. The average Bonchev–Trinajstić information content (AvgIpc) is 3.21. The molecular formula is C21H23N3O4. The third-order valence-corrected chi connectivity index (χ3v) is 4.49. The number of H-pyrrole nitrogens is 1. The van der Waals surface area contributed by atoms with Crippen LogP contribution in [0.1, 0.15) is 29.1 Å². The average molecular weight is 381 g/mol. The Hall–Kier alpha value is -3.32. The first-order chi connectivity index (χ1) is 13.5. The molecule has 0 bridgehead atoms. The van der Waals surface area contributed by atoms with Crippen LogP contribution in [-0.2, 0) is 0 Å². The second-order valence-electron chi connectivity index (χ2n) is 6.35. The Morgan fingerprint density at radius 2 is 2.00 bits per heavy atom. The molecule has 3 rings (SSSR count). The largest absolute Gasteiger partial charge is 0.508 e. The number of aliphatic hydroxyl groups excluding tert-OH is 1. The molecule has 0 aliphatic heterocycles. The fourth-order valence-electron chi connectivity index (χ4n) is 2.93. The molecule has 0 aliphatic carbocycles. The number of rotatable bonds is 7. The van der Waals surface area contributed by atoms with E-state index in [4.69, 9.17) is 4.74 Å². The third-order valence-electron chi connectivity index (χ3n) is 4.49. The van der Waals surface area contributed by atoms with Gasteiger partial charge in [-0.25, -0.2) is 0 Å². The van der Waals surface area contributed by atoms with E-state index in [0.29, 0.717) is 29.2 Å². The van der Waals surface area contributed by atoms with Gasteiger partial charge < -0.3 is 19.8 Å². The minimum Gasteiger partial charge on any atom is -0.508 e. The van der Waals surface area contributed by atoms with Crippen molar-refractivity contribution in [3.63, 3.8) is 0 Å². The third kappa shape index (κ3) is 4.32. The molecule has 7 nitrogen and oxygen atoms in total. The van der Waals surface area contributed by atoms with Gasteiger partial charge in [0.2, 0.25) is 0 Å². The first-order valence-electron chi connectivity index (χ1n) is 8.98. The van der Waals surface area contributed by atoms with Crippen LogP contribution in [-0.4, -0.2) is 51.4 Å². The summed E-state index contributed by atoms with van der Waals surface area (Å²) in [5.41, 5.74) is 2.35. The van der Waals surface area contributed by atoms with E-state index in [1.165, 1.54) is 17.0 Å². The maximum absolute atomic E-state index is 12.8. The number of phenols is 1. The predicted octanol–water partition coefficient (Wildman–Crippen LogP) is 2.99. The lowest BCUT2D eigenvalue weighted by Crippen LogP contribution is -2.34. The number of hydrogen-bond donors (Lipinski definition) is 3. The molecule has 0 saturated heterocycles. The van der Waals surface area contributed by atoms with Crippen molar-refractivity contribution in [3.05, 3.63) is 65.9 Å². The molecule has 0 spiro atoms. The van der Waals surface area contributed by atoms with Crippen LogP contribution < -0.4 is 4.74 Å². The summed E-state index contributed by atoms with van der Waals surface area (Å²) >= 11 is 0. The van der Waals surface area contributed by atoms with E-state index < -0.39 is 6.10 Å². The van der Waals surface area contributed by atoms with Gasteiger partial charge in [0.1, 0.15) is 17.2 Å². The zero-order valence-corrected chi connectivity index (χ0v) is 15.8. The van der Waals surface area contributed by atoms with E-state index >= 15 is 0 Å². The molecule has 1 unspecified atom stereocenters. The van der Waals surface area contributed by atoms with Crippen molar-refractivity contribution in [2.75, 3.05) is 20.2 Å². The molecule has 1 heterocycles. The van der Waals surface area contributed by atoms with Gasteiger partial charge in [0.05, 0.1) is 25.5 Å². The van der Waals surface area contributed by atoms with E-state index in [1.54, 1.807) is 25.3 Å². The molecule has 7 heteroatoms. The Morgan fingerprint density at radius 1 is 1.21 bits per heavy atom. The summed E-state index contributed by atoms with van der Waals surface area (Å²) < 4.78 is 5.22. The highest BCUT2D eigenvalue weighted by Crippen LogP contribution is 2.24. The number of phenolic OH excluding ortho intramolecular Hbond substituents is 1. The van der Waals surface area contributed by atoms with Gasteiger partial charge in [-0.15, -0.1) is 0 Å². The molecule has 1 aromatic heterocycles. The molecule has 0 radical (unpaired) electrons. The normalized spacial score (nSPS) is 11.8. The van der Waals surface area contributed by atoms with Gasteiger partial charge in [-0.05, 0) is 42.8 Å². The summed E-state index contributed by atoms with van der Waals surface area (Å²) in [4.78, 5) is 14.4. The van der Waals surface area contributed by atoms with Crippen LogP contribution in [0.4, 0.5) is 0 Å². The molecule has 146 valence electrons. The fraction of sp³-hybridized carbons (Fsp3) is 0.238. The number of nitrogens with zero attached hydrogens (tertiary/aromatic N) is 2. The highest BCUT2D eigenvalue weighted by Gasteiger charge is 2.21. The molecule has 1 amide bonds. The lowest BCUT2D eigenvalue weighted by atomic mass is 10.1. The SMILES string of the molecule is CCN(CC(O)c1cccc(O)c1)C(=O)c1cc(-c2cccc(OC)c2)n[nH]1. The van der Waals surface area contributed by atoms with Crippen molar-refractivity contribution in [1.29, 1.82) is 0 Å². The van der Waals surface area contributed by atoms with Gasteiger partial charge >= 0.3 is 0 Å². The summed E-state index contributed by atoms with van der Waals surface area (Å²) in [6.45, 7) is 2.36. The Balaban J connectivity index is 1.75. The van der Waals surface area contributed by atoms with Crippen LogP contribution in [0.25, 0.3) is 11.3 Å². The first kappa shape index (κ1) is 19.4. The van der Waals surface area contributed by atoms with Gasteiger partial charge in [0, 0.05) is 12.1 Å². The van der Waals surface area contributed by atoms with E-state index in [2.05, 4.69) is 10.2 Å². The number of nitrogens with one attached hydrogen (secondary N) is 1. The molecule has 3 N–H and O–H groups in total. The number of ether oxygens (including phenoxy) is 1. The quantitative estimate of drug-likeness (QED) is 0.584. The summed E-state index contributed by atoms with van der Waals surface area (Å²) in [5, 5.41) is 27.0. The number of likely N-dealkylation sites (N-methyl/N-ethyl adjacent to an activating group) is 1. The van der Waals surface area contributed by atoms with Gasteiger partial charge in [0.25, 0.3) is 5.91 Å². The van der Waals surface area contributed by atoms with E-state index in [1.807, 2.05) is 31.2 Å². The van der Waals surface area contributed by atoms with Crippen LogP contribution in [0, 0.1) is 0 Å². The van der Waals surface area contributed by atoms with Crippen molar-refractivity contribution in [2.24, 2.45) is 0 Å². The van der Waals surface area contributed by atoms with Gasteiger partial charge in [-0.1, -0.05) is 24.3 Å². The Kier molecular flexibility index (Phi) is 5.96. The van der Waals surface area contributed by atoms with Crippen LogP contribution >= 0.6 is 0 Å². The molecule has 1 atom stereocenters. The van der Waals surface area contributed by atoms with Crippen molar-refractivity contribution < 1.29 is 19.7 Å². The first-order valence-corrected chi connectivity index (χ1v) is 8.98. The smallest absolute Gasteiger partial charge is 0.271 e. The molecule has 0 aliphatic rings. The summed E-state index contributed by atoms with van der Waals surface area (Å²) in [5.74, 6) is 0.517. The topological polar surface area (TPSA) is 98.7 Å². The number of aromatic nitrogens is 2. The lowest BCUT2D eigenvalue weighted by Gasteiger charge is -2.23. The highest BCUT2D eigenvalue weighted by atomic mass is 16.5. The van der Waals surface area contributed by atoms with Crippen LogP contribution in [0.2, 0.25) is 0 Å². The molecule has 28 heavy (non-hydrogen) atoms. The van der Waals surface area contributed by atoms with E-state index in [0.717, 1.165) is 5.56 Å². The number of carbonyl (C=O) groups is 1. The minimum atomic E-state index is -0.906. The predicted molar refractivity (Wildman–Crippen MR) is 105 cm³/mol. The number of methoxy groups -OCH3 is 1. The van der Waals surface area contributed by atoms with Gasteiger partial charge in [-0.3, -0.25) is 9.89 Å². The Bertz CT molecular complexity index is 954. The maximum atomic E-state index is 12.8. The van der Waals surface area contributed by atoms with Gasteiger partial charge in [0.15, 0.2) is 0 Å². The molecule has 0 saturated carbocycles. The van der Waals surface area contributed by atoms with Crippen LogP contribution in [0.5, 0.6) is 11.5 Å². The zero-order chi connectivity index (χ0) is 20.1. The van der Waals surface area contributed by atoms with Crippen molar-refractivity contribution in [2.45, 2.75) is 13.0 Å². The standard InChI is InChI=1S/C21H23N3O4/c1-3-24(13-20(26)15-7-4-8-16(25)10-15)21(27)19-12-18(22-23-19)14-6-5-9-17(11-14)28-2/h4-12,20,25-26H,3,13H2,1-2H3,(H,22,23). The van der Waals surface area contributed by atoms with Crippen LogP contribution in [0.3, 0.4) is 0 Å². The molecular weight excluding hydrogens is 358 g/mol. The van der Waals surface area contributed by atoms with Crippen molar-refractivity contribution in [3.8, 4) is 22.8 Å². The number of aromatic amines is 1. The highest BCUT2D eigenvalue weighted by molar-refractivity contribution is 5.93. The number of amides is 1. The number of carbonyl (C=O) groups excluding carboxylic acids is 1. The maximum Gasteiger partial charge on any atom is 0.271 e. The number of hydrogen-bond acceptors (Lipinski definition) is 5.